The van der Waals surface area contributed by atoms with Crippen LogP contribution in [0.3, 0.4) is 0 Å². The van der Waals surface area contributed by atoms with Crippen molar-refractivity contribution in [2.75, 3.05) is 31.1 Å². The summed E-state index contributed by atoms with van der Waals surface area (Å²) in [5, 5.41) is 12.0. The maximum atomic E-state index is 8.67. The van der Waals surface area contributed by atoms with Gasteiger partial charge in [0.2, 0.25) is 0 Å². The van der Waals surface area contributed by atoms with Gasteiger partial charge >= 0.3 is 0 Å². The lowest BCUT2D eigenvalue weighted by Gasteiger charge is -2.20. The first-order chi connectivity index (χ1) is 8.40. The van der Waals surface area contributed by atoms with E-state index < -0.39 is 0 Å². The minimum atomic E-state index is 0.617. The highest BCUT2D eigenvalue weighted by atomic mass is 15.2. The number of pyridine rings is 1. The fourth-order valence-electron chi connectivity index (χ4n) is 1.71. The van der Waals surface area contributed by atoms with Crippen LogP contribution in [0.1, 0.15) is 25.8 Å². The molecule has 1 aromatic heterocycles. The third kappa shape index (κ3) is 4.04. The number of hydrogen-bond donors (Lipinski definition) is 1. The number of nitrogens with one attached hydrogen (secondary N) is 1. The highest BCUT2D eigenvalue weighted by Crippen LogP contribution is 2.11. The Morgan fingerprint density at radius 1 is 1.29 bits per heavy atom. The Kier molecular flexibility index (Phi) is 6.05. The van der Waals surface area contributed by atoms with Gasteiger partial charge in [-0.2, -0.15) is 5.26 Å². The third-order valence-corrected chi connectivity index (χ3v) is 2.54. The van der Waals surface area contributed by atoms with Gasteiger partial charge in [-0.05, 0) is 25.1 Å². The van der Waals surface area contributed by atoms with Gasteiger partial charge in [-0.15, -0.1) is 0 Å². The quantitative estimate of drug-likeness (QED) is 0.802. The van der Waals surface area contributed by atoms with Crippen LogP contribution in [-0.4, -0.2) is 31.2 Å². The Bertz CT molecular complexity index is 345. The van der Waals surface area contributed by atoms with Crippen molar-refractivity contribution in [3.8, 4) is 6.07 Å². The Labute approximate surface area is 103 Å². The van der Waals surface area contributed by atoms with Gasteiger partial charge in [0.05, 0.1) is 5.56 Å². The molecule has 1 N–H and O–H groups in total. The molecule has 0 saturated carbocycles. The van der Waals surface area contributed by atoms with Crippen molar-refractivity contribution in [1.82, 2.24) is 10.3 Å². The van der Waals surface area contributed by atoms with Gasteiger partial charge < -0.3 is 10.2 Å². The molecule has 0 radical (unpaired) electrons. The number of hydrogen-bond acceptors (Lipinski definition) is 4. The molecule has 0 amide bonds. The van der Waals surface area contributed by atoms with Crippen LogP contribution in [0, 0.1) is 11.3 Å². The highest BCUT2D eigenvalue weighted by Gasteiger charge is 2.09. The summed E-state index contributed by atoms with van der Waals surface area (Å²) in [7, 11) is 0. The SMILES string of the molecule is CC.N#Cc1ccc(N2CCCNCC2)nc1. The summed E-state index contributed by atoms with van der Waals surface area (Å²) in [6.07, 6.45) is 2.77. The summed E-state index contributed by atoms with van der Waals surface area (Å²) in [6.45, 7) is 8.10. The van der Waals surface area contributed by atoms with Crippen LogP contribution in [0.15, 0.2) is 18.3 Å². The van der Waals surface area contributed by atoms with E-state index in [0.717, 1.165) is 38.4 Å². The van der Waals surface area contributed by atoms with Gasteiger partial charge in [0.15, 0.2) is 0 Å². The number of nitriles is 1. The molecule has 17 heavy (non-hydrogen) atoms. The van der Waals surface area contributed by atoms with E-state index >= 15 is 0 Å². The lowest BCUT2D eigenvalue weighted by molar-refractivity contribution is 0.724. The first kappa shape index (κ1) is 13.5. The fourth-order valence-corrected chi connectivity index (χ4v) is 1.71. The second-order valence-corrected chi connectivity index (χ2v) is 3.61. The maximum Gasteiger partial charge on any atom is 0.128 e. The monoisotopic (exact) mass is 232 g/mol. The Balaban J connectivity index is 0.000000686. The maximum absolute atomic E-state index is 8.67. The van der Waals surface area contributed by atoms with Crippen LogP contribution in [0.2, 0.25) is 0 Å². The zero-order valence-corrected chi connectivity index (χ0v) is 10.6. The topological polar surface area (TPSA) is 52.0 Å². The van der Waals surface area contributed by atoms with Crippen molar-refractivity contribution >= 4 is 5.82 Å². The van der Waals surface area contributed by atoms with Crippen LogP contribution in [0.4, 0.5) is 5.82 Å². The van der Waals surface area contributed by atoms with Gasteiger partial charge in [0, 0.05) is 25.8 Å². The molecule has 1 aliphatic heterocycles. The smallest absolute Gasteiger partial charge is 0.128 e. The lowest BCUT2D eigenvalue weighted by Crippen LogP contribution is -2.28. The average molecular weight is 232 g/mol. The van der Waals surface area contributed by atoms with E-state index in [-0.39, 0.29) is 0 Å². The van der Waals surface area contributed by atoms with Crippen LogP contribution in [-0.2, 0) is 0 Å². The molecule has 1 aromatic rings. The molecule has 0 spiro atoms. The second kappa shape index (κ2) is 7.64. The van der Waals surface area contributed by atoms with E-state index in [1.165, 1.54) is 0 Å². The van der Waals surface area contributed by atoms with E-state index in [0.29, 0.717) is 5.56 Å². The first-order valence-corrected chi connectivity index (χ1v) is 6.22. The Hall–Kier alpha value is -1.60. The number of anilines is 1. The van der Waals surface area contributed by atoms with Crippen molar-refractivity contribution < 1.29 is 0 Å². The number of rotatable bonds is 1. The first-order valence-electron chi connectivity index (χ1n) is 6.22. The summed E-state index contributed by atoms with van der Waals surface area (Å²) in [5.74, 6) is 0.970. The van der Waals surface area contributed by atoms with Crippen LogP contribution >= 0.6 is 0 Å². The molecule has 0 aliphatic carbocycles. The molecule has 1 saturated heterocycles. The summed E-state index contributed by atoms with van der Waals surface area (Å²) in [4.78, 5) is 6.54. The molecule has 4 heteroatoms. The molecule has 2 heterocycles. The highest BCUT2D eigenvalue weighted by molar-refractivity contribution is 5.41. The molecule has 0 aromatic carbocycles. The van der Waals surface area contributed by atoms with Crippen LogP contribution in [0.25, 0.3) is 0 Å². The molecule has 4 nitrogen and oxygen atoms in total. The molecule has 2 rings (SSSR count). The van der Waals surface area contributed by atoms with Crippen molar-refractivity contribution in [3.05, 3.63) is 23.9 Å². The molecular weight excluding hydrogens is 212 g/mol. The molecular formula is C13H20N4. The zero-order valence-electron chi connectivity index (χ0n) is 10.6. The predicted octanol–water partition coefficient (Wildman–Crippen LogP) is 1.78. The van der Waals surface area contributed by atoms with Gasteiger partial charge in [-0.3, -0.25) is 0 Å². The van der Waals surface area contributed by atoms with Crippen molar-refractivity contribution in [2.24, 2.45) is 0 Å². The summed E-state index contributed by atoms with van der Waals surface area (Å²) in [6, 6.07) is 5.82. The molecule has 0 atom stereocenters. The third-order valence-electron chi connectivity index (χ3n) is 2.54. The average Bonchev–Trinajstić information content (AvgIpc) is 2.70. The molecule has 0 unspecified atom stereocenters. The van der Waals surface area contributed by atoms with E-state index in [1.807, 2.05) is 26.0 Å². The molecule has 92 valence electrons. The zero-order chi connectivity index (χ0) is 12.5. The van der Waals surface area contributed by atoms with Crippen molar-refractivity contribution in [2.45, 2.75) is 20.3 Å². The van der Waals surface area contributed by atoms with E-state index in [9.17, 15) is 0 Å². The summed E-state index contributed by atoms with van der Waals surface area (Å²) < 4.78 is 0. The standard InChI is InChI=1S/C11H14N4.C2H6/c12-8-10-2-3-11(14-9-10)15-6-1-4-13-5-7-15;1-2/h2-3,9,13H,1,4-7H2;1-2H3. The Morgan fingerprint density at radius 3 is 2.76 bits per heavy atom. The van der Waals surface area contributed by atoms with Gasteiger partial charge in [0.25, 0.3) is 0 Å². The molecule has 1 aliphatic rings. The number of nitrogens with zero attached hydrogens (tertiary/aromatic N) is 3. The van der Waals surface area contributed by atoms with Gasteiger partial charge in [-0.25, -0.2) is 4.98 Å². The fraction of sp³-hybridized carbons (Fsp3) is 0.538. The molecule has 0 bridgehead atoms. The van der Waals surface area contributed by atoms with E-state index in [4.69, 9.17) is 5.26 Å². The van der Waals surface area contributed by atoms with Crippen LogP contribution < -0.4 is 10.2 Å². The Morgan fingerprint density at radius 2 is 2.12 bits per heavy atom. The normalized spacial score (nSPS) is 15.2. The minimum absolute atomic E-state index is 0.617. The predicted molar refractivity (Wildman–Crippen MR) is 70.0 cm³/mol. The van der Waals surface area contributed by atoms with Crippen molar-refractivity contribution in [3.63, 3.8) is 0 Å². The van der Waals surface area contributed by atoms with E-state index in [1.54, 1.807) is 6.20 Å². The summed E-state index contributed by atoms with van der Waals surface area (Å²) >= 11 is 0. The van der Waals surface area contributed by atoms with Gasteiger partial charge in [-0.1, -0.05) is 13.8 Å². The van der Waals surface area contributed by atoms with Crippen molar-refractivity contribution in [1.29, 1.82) is 5.26 Å². The second-order valence-electron chi connectivity index (χ2n) is 3.61. The van der Waals surface area contributed by atoms with Gasteiger partial charge in [0.1, 0.15) is 11.9 Å². The number of aromatic nitrogens is 1. The van der Waals surface area contributed by atoms with Crippen LogP contribution in [0.5, 0.6) is 0 Å². The lowest BCUT2D eigenvalue weighted by atomic mass is 10.3. The summed E-state index contributed by atoms with van der Waals surface area (Å²) in [5.41, 5.74) is 0.617. The van der Waals surface area contributed by atoms with E-state index in [2.05, 4.69) is 21.3 Å². The minimum Gasteiger partial charge on any atom is -0.355 e. The molecule has 1 fully saturated rings. The largest absolute Gasteiger partial charge is 0.355 e.